The highest BCUT2D eigenvalue weighted by molar-refractivity contribution is 14.0. The predicted molar refractivity (Wildman–Crippen MR) is 129 cm³/mol. The Labute approximate surface area is 193 Å². The Bertz CT molecular complexity index is 478. The number of nitrogens with one attached hydrogen (secondary N) is 2. The van der Waals surface area contributed by atoms with Crippen molar-refractivity contribution in [1.82, 2.24) is 25.3 Å². The molecule has 1 amide bonds. The number of hydrogen-bond acceptors (Lipinski definition) is 5. The van der Waals surface area contributed by atoms with Gasteiger partial charge in [0.1, 0.15) is 6.54 Å². The number of carbonyl (C=O) groups is 1. The van der Waals surface area contributed by atoms with Crippen LogP contribution in [0.15, 0.2) is 4.99 Å². The molecule has 0 bridgehead atoms. The van der Waals surface area contributed by atoms with Crippen LogP contribution < -0.4 is 10.6 Å². The van der Waals surface area contributed by atoms with E-state index in [-0.39, 0.29) is 36.4 Å². The van der Waals surface area contributed by atoms with Gasteiger partial charge in [-0.3, -0.25) is 9.69 Å². The number of rotatable bonds is 9. The fourth-order valence-electron chi connectivity index (χ4n) is 3.47. The van der Waals surface area contributed by atoms with E-state index in [1.54, 1.807) is 19.0 Å². The van der Waals surface area contributed by atoms with Crippen LogP contribution in [0.25, 0.3) is 0 Å². The Morgan fingerprint density at radius 2 is 1.76 bits per heavy atom. The maximum absolute atomic E-state index is 11.9. The van der Waals surface area contributed by atoms with Gasteiger partial charge in [0.05, 0.1) is 13.2 Å². The fourth-order valence-corrected chi connectivity index (χ4v) is 3.47. The average Bonchev–Trinajstić information content (AvgIpc) is 2.71. The molecule has 2 N–H and O–H groups in total. The van der Waals surface area contributed by atoms with Gasteiger partial charge in [-0.2, -0.15) is 0 Å². The van der Waals surface area contributed by atoms with Crippen LogP contribution in [0.4, 0.5) is 0 Å². The summed E-state index contributed by atoms with van der Waals surface area (Å²) >= 11 is 0. The number of unbranched alkanes of at least 4 members (excludes halogenated alkanes) is 1. The lowest BCUT2D eigenvalue weighted by atomic mass is 10.0. The van der Waals surface area contributed by atoms with Gasteiger partial charge in [-0.05, 0) is 25.8 Å². The largest absolute Gasteiger partial charge is 0.379 e. The summed E-state index contributed by atoms with van der Waals surface area (Å²) in [5.41, 5.74) is 0. The molecule has 0 aromatic carbocycles. The van der Waals surface area contributed by atoms with Crippen molar-refractivity contribution in [3.05, 3.63) is 0 Å². The number of amides is 1. The zero-order valence-electron chi connectivity index (χ0n) is 18.5. The molecule has 0 atom stereocenters. The number of guanidine groups is 1. The van der Waals surface area contributed by atoms with Crippen molar-refractivity contribution in [3.63, 3.8) is 0 Å². The smallest absolute Gasteiger partial charge is 0.243 e. The van der Waals surface area contributed by atoms with Crippen molar-refractivity contribution in [3.8, 4) is 0 Å². The quantitative estimate of drug-likeness (QED) is 0.265. The summed E-state index contributed by atoms with van der Waals surface area (Å²) < 4.78 is 5.40. The van der Waals surface area contributed by atoms with Crippen LogP contribution >= 0.6 is 24.0 Å². The molecule has 0 aromatic heterocycles. The van der Waals surface area contributed by atoms with E-state index < -0.39 is 0 Å². The number of aliphatic imine (C=N–C) groups is 1. The van der Waals surface area contributed by atoms with Gasteiger partial charge in [0.25, 0.3) is 0 Å². The minimum absolute atomic E-state index is 0. The second-order valence-electron chi connectivity index (χ2n) is 7.95. The molecule has 2 heterocycles. The van der Waals surface area contributed by atoms with Gasteiger partial charge in [0, 0.05) is 59.4 Å². The van der Waals surface area contributed by atoms with E-state index in [0.717, 1.165) is 71.3 Å². The maximum atomic E-state index is 11.9. The van der Waals surface area contributed by atoms with Crippen molar-refractivity contribution in [2.45, 2.75) is 38.6 Å². The number of likely N-dealkylation sites (tertiary alicyclic amines) is 1. The molecule has 0 radical (unpaired) electrons. The second kappa shape index (κ2) is 15.2. The molecular formula is C20H41IN6O2. The molecule has 0 saturated carbocycles. The van der Waals surface area contributed by atoms with E-state index in [2.05, 4.69) is 32.3 Å². The summed E-state index contributed by atoms with van der Waals surface area (Å²) in [6, 6.07) is 0.418. The Morgan fingerprint density at radius 1 is 1.10 bits per heavy atom. The van der Waals surface area contributed by atoms with Crippen LogP contribution in [-0.2, 0) is 9.53 Å². The number of likely N-dealkylation sites (N-methyl/N-ethyl adjacent to an activating group) is 1. The Balaban J connectivity index is 0.00000420. The Morgan fingerprint density at radius 3 is 2.38 bits per heavy atom. The van der Waals surface area contributed by atoms with Gasteiger partial charge in [0.2, 0.25) is 5.91 Å². The third-order valence-electron chi connectivity index (χ3n) is 5.45. The Kier molecular flexibility index (Phi) is 13.8. The normalized spacial score (nSPS) is 19.5. The number of morpholine rings is 1. The molecule has 0 unspecified atom stereocenters. The molecule has 0 spiro atoms. The van der Waals surface area contributed by atoms with Crippen LogP contribution in [0.5, 0.6) is 0 Å². The molecule has 2 rings (SSSR count). The molecule has 2 fully saturated rings. The lowest BCUT2D eigenvalue weighted by molar-refractivity contribution is -0.127. The van der Waals surface area contributed by atoms with Crippen molar-refractivity contribution < 1.29 is 9.53 Å². The van der Waals surface area contributed by atoms with E-state index in [9.17, 15) is 4.79 Å². The zero-order chi connectivity index (χ0) is 20.2. The number of carbonyl (C=O) groups excluding carboxylic acids is 1. The molecule has 2 aliphatic rings. The monoisotopic (exact) mass is 524 g/mol. The summed E-state index contributed by atoms with van der Waals surface area (Å²) in [6.07, 6.45) is 4.77. The molecule has 29 heavy (non-hydrogen) atoms. The Hall–Kier alpha value is -0.650. The van der Waals surface area contributed by atoms with Gasteiger partial charge in [-0.25, -0.2) is 4.99 Å². The molecule has 0 aromatic rings. The van der Waals surface area contributed by atoms with Gasteiger partial charge in [-0.1, -0.05) is 13.3 Å². The fraction of sp³-hybridized carbons (Fsp3) is 0.900. The van der Waals surface area contributed by atoms with E-state index >= 15 is 0 Å². The number of piperidine rings is 1. The van der Waals surface area contributed by atoms with E-state index in [0.29, 0.717) is 6.04 Å². The number of nitrogens with zero attached hydrogens (tertiary/aromatic N) is 4. The highest BCUT2D eigenvalue weighted by atomic mass is 127. The van der Waals surface area contributed by atoms with Gasteiger partial charge < -0.3 is 25.2 Å². The van der Waals surface area contributed by atoms with Gasteiger partial charge in [0.15, 0.2) is 5.96 Å². The van der Waals surface area contributed by atoms with Crippen LogP contribution in [0.2, 0.25) is 0 Å². The first-order chi connectivity index (χ1) is 13.6. The summed E-state index contributed by atoms with van der Waals surface area (Å²) in [7, 11) is 3.53. The molecule has 2 saturated heterocycles. The van der Waals surface area contributed by atoms with Crippen LogP contribution in [0.1, 0.15) is 32.6 Å². The third-order valence-corrected chi connectivity index (χ3v) is 5.45. The summed E-state index contributed by atoms with van der Waals surface area (Å²) in [5, 5.41) is 6.99. The van der Waals surface area contributed by atoms with Crippen molar-refractivity contribution in [2.75, 3.05) is 79.7 Å². The van der Waals surface area contributed by atoms with Crippen molar-refractivity contribution >= 4 is 35.8 Å². The van der Waals surface area contributed by atoms with Crippen molar-refractivity contribution in [2.24, 2.45) is 4.99 Å². The maximum Gasteiger partial charge on any atom is 0.243 e. The first kappa shape index (κ1) is 26.4. The highest BCUT2D eigenvalue weighted by Gasteiger charge is 2.20. The second-order valence-corrected chi connectivity index (χ2v) is 7.95. The molecule has 8 nitrogen and oxygen atoms in total. The minimum Gasteiger partial charge on any atom is -0.379 e. The van der Waals surface area contributed by atoms with E-state index in [1.807, 2.05) is 0 Å². The van der Waals surface area contributed by atoms with Gasteiger partial charge >= 0.3 is 0 Å². The lowest BCUT2D eigenvalue weighted by Gasteiger charge is -2.33. The number of ether oxygens (including phenoxy) is 1. The highest BCUT2D eigenvalue weighted by Crippen LogP contribution is 2.11. The summed E-state index contributed by atoms with van der Waals surface area (Å²) in [6.45, 7) is 11.3. The first-order valence-electron chi connectivity index (χ1n) is 10.9. The molecule has 9 heteroatoms. The summed E-state index contributed by atoms with van der Waals surface area (Å²) in [4.78, 5) is 23.0. The predicted octanol–water partition coefficient (Wildman–Crippen LogP) is 0.825. The standard InChI is InChI=1S/C20H40N6O2.HI/c1-4-5-9-25-10-6-18(7-11-25)23-20(22-17-19(27)24(2)3)21-8-12-26-13-15-28-16-14-26;/h18H,4-17H2,1-3H3,(H2,21,22,23);1H. The topological polar surface area (TPSA) is 72.4 Å². The average molecular weight is 524 g/mol. The van der Waals surface area contributed by atoms with Crippen molar-refractivity contribution in [1.29, 1.82) is 0 Å². The SMILES string of the molecule is CCCCN1CCC(NC(=NCC(=O)N(C)C)NCCN2CCOCC2)CC1.I. The van der Waals surface area contributed by atoms with Crippen LogP contribution in [0, 0.1) is 0 Å². The summed E-state index contributed by atoms with van der Waals surface area (Å²) in [5.74, 6) is 0.777. The zero-order valence-corrected chi connectivity index (χ0v) is 20.8. The van der Waals surface area contributed by atoms with E-state index in [4.69, 9.17) is 4.74 Å². The minimum atomic E-state index is 0. The molecule has 170 valence electrons. The first-order valence-corrected chi connectivity index (χ1v) is 10.9. The number of halogens is 1. The molecule has 0 aliphatic carbocycles. The molecule has 2 aliphatic heterocycles. The number of hydrogen-bond donors (Lipinski definition) is 2. The third kappa shape index (κ3) is 10.8. The van der Waals surface area contributed by atoms with Crippen LogP contribution in [-0.4, -0.2) is 112 Å². The molecular weight excluding hydrogens is 483 g/mol. The lowest BCUT2D eigenvalue weighted by Crippen LogP contribution is -2.50. The van der Waals surface area contributed by atoms with Gasteiger partial charge in [-0.15, -0.1) is 24.0 Å². The van der Waals surface area contributed by atoms with Crippen LogP contribution in [0.3, 0.4) is 0 Å². The van der Waals surface area contributed by atoms with E-state index in [1.165, 1.54) is 19.4 Å².